The summed E-state index contributed by atoms with van der Waals surface area (Å²) in [5.41, 5.74) is 6.67. The van der Waals surface area contributed by atoms with Crippen LogP contribution in [0.3, 0.4) is 0 Å². The Morgan fingerprint density at radius 2 is 2.33 bits per heavy atom. The highest BCUT2D eigenvalue weighted by atomic mass is 16.5. The fourth-order valence-electron chi connectivity index (χ4n) is 2.04. The van der Waals surface area contributed by atoms with E-state index in [4.69, 9.17) is 10.5 Å². The molecule has 0 radical (unpaired) electrons. The van der Waals surface area contributed by atoms with Gasteiger partial charge in [-0.3, -0.25) is 0 Å². The van der Waals surface area contributed by atoms with E-state index in [0.717, 1.165) is 16.9 Å². The van der Waals surface area contributed by atoms with Crippen LogP contribution in [0.5, 0.6) is 5.75 Å². The quantitative estimate of drug-likeness (QED) is 0.726. The molecule has 3 N–H and O–H groups in total. The van der Waals surface area contributed by atoms with Crippen LogP contribution in [0.4, 0.5) is 0 Å². The third-order valence-corrected chi connectivity index (χ3v) is 3.22. The van der Waals surface area contributed by atoms with Crippen molar-refractivity contribution < 1.29 is 9.84 Å². The Bertz CT molecular complexity index is 378. The second-order valence-corrected chi connectivity index (χ2v) is 4.34. The van der Waals surface area contributed by atoms with Crippen LogP contribution in [0.2, 0.25) is 0 Å². The predicted octanol–water partition coefficient (Wildman–Crippen LogP) is 1.17. The normalized spacial score (nSPS) is 29.5. The number of rotatable bonds is 1. The van der Waals surface area contributed by atoms with Crippen LogP contribution < -0.4 is 10.5 Å². The van der Waals surface area contributed by atoms with Gasteiger partial charge < -0.3 is 15.6 Å². The van der Waals surface area contributed by atoms with Gasteiger partial charge in [0, 0.05) is 18.0 Å². The third kappa shape index (κ3) is 1.52. The molecule has 15 heavy (non-hydrogen) atoms. The van der Waals surface area contributed by atoms with Crippen molar-refractivity contribution >= 4 is 0 Å². The van der Waals surface area contributed by atoms with Gasteiger partial charge >= 0.3 is 0 Å². The molecule has 0 bridgehead atoms. The van der Waals surface area contributed by atoms with Crippen molar-refractivity contribution in [2.24, 2.45) is 11.7 Å². The maximum Gasteiger partial charge on any atom is 0.125 e. The largest absolute Gasteiger partial charge is 0.493 e. The Labute approximate surface area is 89.9 Å². The van der Waals surface area contributed by atoms with Crippen molar-refractivity contribution in [1.29, 1.82) is 0 Å². The molecule has 0 aliphatic carbocycles. The predicted molar refractivity (Wildman–Crippen MR) is 58.8 cm³/mol. The number of nitrogens with two attached hydrogens (primary N) is 1. The number of fused-ring (bicyclic) bond motifs is 1. The second kappa shape index (κ2) is 3.51. The van der Waals surface area contributed by atoms with Crippen molar-refractivity contribution in [3.63, 3.8) is 0 Å². The van der Waals surface area contributed by atoms with Crippen LogP contribution in [0, 0.1) is 12.8 Å². The van der Waals surface area contributed by atoms with E-state index in [1.807, 2.05) is 32.0 Å². The van der Waals surface area contributed by atoms with E-state index >= 15 is 0 Å². The minimum absolute atomic E-state index is 0.0248. The van der Waals surface area contributed by atoms with Gasteiger partial charge in [-0.2, -0.15) is 0 Å². The summed E-state index contributed by atoms with van der Waals surface area (Å²) in [5.74, 6) is 0.781. The van der Waals surface area contributed by atoms with Gasteiger partial charge in [0.2, 0.25) is 0 Å². The Morgan fingerprint density at radius 3 is 3.00 bits per heavy atom. The van der Waals surface area contributed by atoms with Gasteiger partial charge in [-0.1, -0.05) is 18.6 Å². The van der Waals surface area contributed by atoms with E-state index in [2.05, 4.69) is 0 Å². The summed E-state index contributed by atoms with van der Waals surface area (Å²) in [5, 5.41) is 10.5. The number of ether oxygens (including phenoxy) is 1. The Morgan fingerprint density at radius 1 is 1.60 bits per heavy atom. The lowest BCUT2D eigenvalue weighted by Crippen LogP contribution is -2.46. The first kappa shape index (κ1) is 10.5. The van der Waals surface area contributed by atoms with Crippen LogP contribution in [-0.2, 0) is 5.60 Å². The Balaban J connectivity index is 2.56. The van der Waals surface area contributed by atoms with Crippen molar-refractivity contribution in [3.05, 3.63) is 29.3 Å². The molecule has 1 aliphatic rings. The molecule has 0 saturated carbocycles. The van der Waals surface area contributed by atoms with E-state index in [9.17, 15) is 5.11 Å². The van der Waals surface area contributed by atoms with E-state index in [-0.39, 0.29) is 12.5 Å². The molecule has 2 atom stereocenters. The third-order valence-electron chi connectivity index (χ3n) is 3.22. The molecule has 2 unspecified atom stereocenters. The fourth-order valence-corrected chi connectivity index (χ4v) is 2.04. The topological polar surface area (TPSA) is 55.5 Å². The maximum absolute atomic E-state index is 10.5. The van der Waals surface area contributed by atoms with Crippen LogP contribution in [0.25, 0.3) is 0 Å². The first-order valence-electron chi connectivity index (χ1n) is 5.24. The van der Waals surface area contributed by atoms with Crippen molar-refractivity contribution in [2.75, 3.05) is 13.2 Å². The minimum atomic E-state index is -0.945. The van der Waals surface area contributed by atoms with Crippen molar-refractivity contribution in [1.82, 2.24) is 0 Å². The van der Waals surface area contributed by atoms with Gasteiger partial charge in [-0.25, -0.2) is 0 Å². The first-order valence-corrected chi connectivity index (χ1v) is 5.24. The highest BCUT2D eigenvalue weighted by Crippen LogP contribution is 2.39. The molecule has 2 rings (SSSR count). The lowest BCUT2D eigenvalue weighted by molar-refractivity contribution is -0.0435. The minimum Gasteiger partial charge on any atom is -0.493 e. The molecule has 0 fully saturated rings. The van der Waals surface area contributed by atoms with Crippen LogP contribution in [0.15, 0.2) is 18.2 Å². The molecule has 1 aromatic rings. The van der Waals surface area contributed by atoms with Gasteiger partial charge in [0.1, 0.15) is 11.4 Å². The van der Waals surface area contributed by atoms with Gasteiger partial charge in [0.15, 0.2) is 0 Å². The van der Waals surface area contributed by atoms with Gasteiger partial charge in [0.25, 0.3) is 0 Å². The van der Waals surface area contributed by atoms with Gasteiger partial charge in [-0.05, 0) is 19.1 Å². The zero-order valence-corrected chi connectivity index (χ0v) is 9.16. The summed E-state index contributed by atoms with van der Waals surface area (Å²) in [6.07, 6.45) is 0. The smallest absolute Gasteiger partial charge is 0.125 e. The van der Waals surface area contributed by atoms with Crippen LogP contribution in [-0.4, -0.2) is 18.3 Å². The highest BCUT2D eigenvalue weighted by molar-refractivity contribution is 5.43. The number of hydrogen-bond acceptors (Lipinski definition) is 3. The molecule has 0 aromatic heterocycles. The first-order chi connectivity index (χ1) is 7.08. The average molecular weight is 207 g/mol. The SMILES string of the molecule is Cc1ccc2c(c1)C(O)(CN)C(C)CO2. The van der Waals surface area contributed by atoms with Crippen LogP contribution in [0.1, 0.15) is 18.1 Å². The number of aliphatic hydroxyl groups is 1. The fraction of sp³-hybridized carbons (Fsp3) is 0.500. The summed E-state index contributed by atoms with van der Waals surface area (Å²) >= 11 is 0. The molecular formula is C12H17NO2. The maximum atomic E-state index is 10.5. The number of hydrogen-bond donors (Lipinski definition) is 2. The van der Waals surface area contributed by atoms with E-state index < -0.39 is 5.60 Å². The summed E-state index contributed by atoms with van der Waals surface area (Å²) in [6, 6.07) is 5.83. The lowest BCUT2D eigenvalue weighted by Gasteiger charge is -2.38. The second-order valence-electron chi connectivity index (χ2n) is 4.34. The summed E-state index contributed by atoms with van der Waals surface area (Å²) in [6.45, 7) is 4.70. The van der Waals surface area contributed by atoms with Gasteiger partial charge in [-0.15, -0.1) is 0 Å². The molecule has 1 heterocycles. The molecule has 0 amide bonds. The standard InChI is InChI=1S/C12H17NO2/c1-8-3-4-11-10(5-8)12(14,7-13)9(2)6-15-11/h3-5,9,14H,6-7,13H2,1-2H3. The van der Waals surface area contributed by atoms with Crippen molar-refractivity contribution in [3.8, 4) is 5.75 Å². The zero-order chi connectivity index (χ0) is 11.1. The van der Waals surface area contributed by atoms with E-state index in [1.165, 1.54) is 0 Å². The monoisotopic (exact) mass is 207 g/mol. The summed E-state index contributed by atoms with van der Waals surface area (Å²) < 4.78 is 5.57. The number of aryl methyl sites for hydroxylation is 1. The highest BCUT2D eigenvalue weighted by Gasteiger charge is 2.40. The molecule has 0 spiro atoms. The van der Waals surface area contributed by atoms with E-state index in [0.29, 0.717) is 6.61 Å². The number of benzene rings is 1. The Kier molecular flexibility index (Phi) is 2.44. The van der Waals surface area contributed by atoms with Crippen LogP contribution >= 0.6 is 0 Å². The lowest BCUT2D eigenvalue weighted by atomic mass is 9.80. The molecule has 3 heteroatoms. The molecule has 1 aromatic carbocycles. The van der Waals surface area contributed by atoms with E-state index in [1.54, 1.807) is 0 Å². The molecule has 1 aliphatic heterocycles. The summed E-state index contributed by atoms with van der Waals surface area (Å²) in [7, 11) is 0. The summed E-state index contributed by atoms with van der Waals surface area (Å²) in [4.78, 5) is 0. The average Bonchev–Trinajstić information content (AvgIpc) is 2.24. The molecule has 82 valence electrons. The molecule has 0 saturated heterocycles. The Hall–Kier alpha value is -1.06. The molecule has 3 nitrogen and oxygen atoms in total. The van der Waals surface area contributed by atoms with Gasteiger partial charge in [0.05, 0.1) is 6.61 Å². The zero-order valence-electron chi connectivity index (χ0n) is 9.16. The molecular weight excluding hydrogens is 190 g/mol. The van der Waals surface area contributed by atoms with Crippen molar-refractivity contribution in [2.45, 2.75) is 19.4 Å².